The van der Waals surface area contributed by atoms with Gasteiger partial charge in [0.05, 0.1) is 17.0 Å². The topological polar surface area (TPSA) is 83.2 Å². The number of anilines is 1. The molecule has 3 N–H and O–H groups in total. The Hall–Kier alpha value is -3.32. The Morgan fingerprint density at radius 1 is 1.19 bits per heavy atom. The van der Waals surface area contributed by atoms with Crippen molar-refractivity contribution in [1.29, 1.82) is 0 Å². The number of carbonyl (C=O) groups excluding carboxylic acids is 2. The zero-order chi connectivity index (χ0) is 18.6. The summed E-state index contributed by atoms with van der Waals surface area (Å²) in [6.45, 7) is 0.781. The van der Waals surface area contributed by atoms with E-state index >= 15 is 0 Å². The summed E-state index contributed by atoms with van der Waals surface area (Å²) in [5, 5.41) is 6.35. The molecule has 1 aliphatic rings. The van der Waals surface area contributed by atoms with Crippen LogP contribution in [-0.4, -0.2) is 29.9 Å². The summed E-state index contributed by atoms with van der Waals surface area (Å²) in [5.41, 5.74) is 2.14. The summed E-state index contributed by atoms with van der Waals surface area (Å²) in [5.74, 6) is 0.428. The molecule has 7 heteroatoms. The maximum atomic E-state index is 12.4. The van der Waals surface area contributed by atoms with Crippen molar-refractivity contribution in [2.24, 2.45) is 0 Å². The zero-order valence-electron chi connectivity index (χ0n) is 14.3. The van der Waals surface area contributed by atoms with Crippen LogP contribution in [0.4, 0.5) is 5.00 Å². The number of H-pyrrole nitrogens is 1. The number of ether oxygens (including phenoxy) is 1. The van der Waals surface area contributed by atoms with Crippen LogP contribution < -0.4 is 15.4 Å². The van der Waals surface area contributed by atoms with Crippen molar-refractivity contribution in [2.45, 2.75) is 0 Å². The summed E-state index contributed by atoms with van der Waals surface area (Å²) < 4.78 is 5.56. The molecular weight excluding hydrogens is 362 g/mol. The number of fused-ring (bicyclic) bond motifs is 1. The Labute approximate surface area is 159 Å². The predicted molar refractivity (Wildman–Crippen MR) is 106 cm³/mol. The zero-order valence-corrected chi connectivity index (χ0v) is 15.1. The van der Waals surface area contributed by atoms with Crippen molar-refractivity contribution in [3.05, 3.63) is 70.9 Å². The molecule has 2 amide bonds. The average Bonchev–Trinajstić information content (AvgIpc) is 3.39. The molecule has 1 aliphatic heterocycles. The fraction of sp³-hybridized carbons (Fsp3) is 0.100. The summed E-state index contributed by atoms with van der Waals surface area (Å²) in [6, 6.07) is 14.9. The van der Waals surface area contributed by atoms with Gasteiger partial charge in [0.15, 0.2) is 0 Å². The summed E-state index contributed by atoms with van der Waals surface area (Å²) >= 11 is 1.27. The number of hydrogen-bond acceptors (Lipinski definition) is 4. The molecule has 136 valence electrons. The lowest BCUT2D eigenvalue weighted by Gasteiger charge is -2.06. The van der Waals surface area contributed by atoms with Gasteiger partial charge in [-0.05, 0) is 36.4 Å². The van der Waals surface area contributed by atoms with Crippen LogP contribution >= 0.6 is 11.3 Å². The smallest absolute Gasteiger partial charge is 0.261 e. The van der Waals surface area contributed by atoms with Crippen LogP contribution in [0, 0.1) is 0 Å². The molecule has 1 aromatic carbocycles. The molecule has 0 saturated heterocycles. The van der Waals surface area contributed by atoms with Gasteiger partial charge in [-0.2, -0.15) is 0 Å². The minimum absolute atomic E-state index is 0.158. The highest BCUT2D eigenvalue weighted by Gasteiger charge is 2.28. The molecule has 3 aromatic rings. The molecule has 0 spiro atoms. The number of hydrogen-bond donors (Lipinski definition) is 3. The Kier molecular flexibility index (Phi) is 4.76. The lowest BCUT2D eigenvalue weighted by Crippen LogP contribution is -2.27. The van der Waals surface area contributed by atoms with Gasteiger partial charge in [-0.1, -0.05) is 18.2 Å². The number of para-hydroxylation sites is 1. The number of thiophene rings is 1. The number of aromatic amines is 1. The van der Waals surface area contributed by atoms with Crippen molar-refractivity contribution < 1.29 is 14.3 Å². The van der Waals surface area contributed by atoms with Crippen molar-refractivity contribution in [1.82, 2.24) is 10.3 Å². The average molecular weight is 379 g/mol. The second-order valence-electron chi connectivity index (χ2n) is 5.91. The molecule has 6 nitrogen and oxygen atoms in total. The number of rotatable bonds is 6. The molecule has 0 fully saturated rings. The van der Waals surface area contributed by atoms with E-state index in [1.54, 1.807) is 18.3 Å². The molecule has 2 aromatic heterocycles. The first-order valence-electron chi connectivity index (χ1n) is 8.47. The van der Waals surface area contributed by atoms with Crippen molar-refractivity contribution in [3.8, 4) is 5.75 Å². The molecule has 0 unspecified atom stereocenters. The van der Waals surface area contributed by atoms with Crippen molar-refractivity contribution >= 4 is 39.8 Å². The number of carbonyl (C=O) groups is 2. The molecule has 27 heavy (non-hydrogen) atoms. The maximum absolute atomic E-state index is 12.4. The van der Waals surface area contributed by atoms with E-state index in [-0.39, 0.29) is 11.8 Å². The van der Waals surface area contributed by atoms with Crippen LogP contribution in [0.2, 0.25) is 0 Å². The Morgan fingerprint density at radius 2 is 2.04 bits per heavy atom. The third kappa shape index (κ3) is 3.78. The first kappa shape index (κ1) is 17.1. The lowest BCUT2D eigenvalue weighted by atomic mass is 10.1. The van der Waals surface area contributed by atoms with Crippen LogP contribution in [-0.2, 0) is 4.79 Å². The maximum Gasteiger partial charge on any atom is 0.261 e. The van der Waals surface area contributed by atoms with E-state index in [0.717, 1.165) is 17.0 Å². The van der Waals surface area contributed by atoms with E-state index in [9.17, 15) is 9.59 Å². The fourth-order valence-corrected chi connectivity index (χ4v) is 3.74. The number of nitrogens with one attached hydrogen (secondary N) is 3. The van der Waals surface area contributed by atoms with E-state index in [2.05, 4.69) is 15.6 Å². The van der Waals surface area contributed by atoms with Crippen LogP contribution in [0.5, 0.6) is 5.75 Å². The molecule has 0 saturated carbocycles. The SMILES string of the molecule is O=C1Nc2sc(C(=O)NCCOc3ccccc3)cc2/C1=C\c1ccc[nH]1. The largest absolute Gasteiger partial charge is 0.492 e. The van der Waals surface area contributed by atoms with Gasteiger partial charge in [0.1, 0.15) is 17.4 Å². The monoisotopic (exact) mass is 379 g/mol. The van der Waals surface area contributed by atoms with Gasteiger partial charge in [-0.25, -0.2) is 0 Å². The highest BCUT2D eigenvalue weighted by atomic mass is 32.1. The highest BCUT2D eigenvalue weighted by molar-refractivity contribution is 7.18. The normalized spacial score (nSPS) is 14.1. The minimum Gasteiger partial charge on any atom is -0.492 e. The number of amides is 2. The van der Waals surface area contributed by atoms with Gasteiger partial charge >= 0.3 is 0 Å². The minimum atomic E-state index is -0.181. The summed E-state index contributed by atoms with van der Waals surface area (Å²) in [4.78, 5) is 28.1. The quantitative estimate of drug-likeness (QED) is 0.454. The predicted octanol–water partition coefficient (Wildman–Crippen LogP) is 3.38. The van der Waals surface area contributed by atoms with Crippen molar-refractivity contribution in [3.63, 3.8) is 0 Å². The first-order valence-corrected chi connectivity index (χ1v) is 9.29. The van der Waals surface area contributed by atoms with Crippen LogP contribution in [0.15, 0.2) is 54.7 Å². The van der Waals surface area contributed by atoms with E-state index in [1.165, 1.54) is 11.3 Å². The Morgan fingerprint density at radius 3 is 2.81 bits per heavy atom. The first-order chi connectivity index (χ1) is 13.2. The molecule has 4 rings (SSSR count). The summed E-state index contributed by atoms with van der Waals surface area (Å²) in [7, 11) is 0. The van der Waals surface area contributed by atoms with Gasteiger partial charge in [0.2, 0.25) is 0 Å². The van der Waals surface area contributed by atoms with Gasteiger partial charge in [-0.15, -0.1) is 11.3 Å². The van der Waals surface area contributed by atoms with E-state index < -0.39 is 0 Å². The second kappa shape index (κ2) is 7.51. The van der Waals surface area contributed by atoms with Crippen LogP contribution in [0.25, 0.3) is 11.6 Å². The van der Waals surface area contributed by atoms with Gasteiger partial charge in [0, 0.05) is 17.5 Å². The van der Waals surface area contributed by atoms with Crippen LogP contribution in [0.1, 0.15) is 20.9 Å². The van der Waals surface area contributed by atoms with E-state index in [0.29, 0.717) is 28.6 Å². The fourth-order valence-electron chi connectivity index (χ4n) is 2.76. The lowest BCUT2D eigenvalue weighted by molar-refractivity contribution is -0.110. The number of benzene rings is 1. The molecule has 3 heterocycles. The summed E-state index contributed by atoms with van der Waals surface area (Å²) in [6.07, 6.45) is 3.58. The third-order valence-electron chi connectivity index (χ3n) is 4.04. The highest BCUT2D eigenvalue weighted by Crippen LogP contribution is 2.39. The molecule has 0 aliphatic carbocycles. The Balaban J connectivity index is 1.39. The van der Waals surface area contributed by atoms with E-state index in [4.69, 9.17) is 4.74 Å². The molecular formula is C20H17N3O3S. The molecule has 0 radical (unpaired) electrons. The van der Waals surface area contributed by atoms with Crippen molar-refractivity contribution in [2.75, 3.05) is 18.5 Å². The standard InChI is InChI=1S/C20H17N3O3S/c24-18-15(11-13-5-4-8-21-13)16-12-17(27-20(16)23-18)19(25)22-9-10-26-14-6-2-1-3-7-14/h1-8,11-12,21H,9-10H2,(H,22,25)(H,23,24)/b15-11+. The third-order valence-corrected chi connectivity index (χ3v) is 5.09. The van der Waals surface area contributed by atoms with Gasteiger partial charge in [0.25, 0.3) is 11.8 Å². The molecule has 0 atom stereocenters. The van der Waals surface area contributed by atoms with E-state index in [1.807, 2.05) is 42.5 Å². The van der Waals surface area contributed by atoms with Crippen LogP contribution in [0.3, 0.4) is 0 Å². The Bertz CT molecular complexity index is 991. The second-order valence-corrected chi connectivity index (χ2v) is 6.96. The number of aromatic nitrogens is 1. The van der Waals surface area contributed by atoms with Gasteiger partial charge in [-0.3, -0.25) is 9.59 Å². The molecule has 0 bridgehead atoms. The van der Waals surface area contributed by atoms with Gasteiger partial charge < -0.3 is 20.4 Å².